The highest BCUT2D eigenvalue weighted by molar-refractivity contribution is 7.80. The lowest BCUT2D eigenvalue weighted by molar-refractivity contribution is -0.0102. The van der Waals surface area contributed by atoms with Gasteiger partial charge in [-0.1, -0.05) is 20.8 Å². The maximum atomic E-state index is 12.6. The zero-order valence-electron chi connectivity index (χ0n) is 16.8. The second kappa shape index (κ2) is 6.50. The van der Waals surface area contributed by atoms with Gasteiger partial charge in [0.1, 0.15) is 11.5 Å². The predicted octanol–water partition coefficient (Wildman–Crippen LogP) is 3.96. The van der Waals surface area contributed by atoms with Crippen molar-refractivity contribution >= 4 is 23.2 Å². The van der Waals surface area contributed by atoms with E-state index >= 15 is 0 Å². The Morgan fingerprint density at radius 2 is 1.67 bits per heavy atom. The molecule has 148 valence electrons. The number of hydrogen-bond donors (Lipinski definition) is 3. The van der Waals surface area contributed by atoms with E-state index in [2.05, 4.69) is 36.9 Å². The molecule has 5 nitrogen and oxygen atoms in total. The van der Waals surface area contributed by atoms with Gasteiger partial charge in [0, 0.05) is 11.0 Å². The number of nitrogens with one attached hydrogen (secondary N) is 3. The van der Waals surface area contributed by atoms with E-state index in [4.69, 9.17) is 16.6 Å². The Kier molecular flexibility index (Phi) is 4.53. The zero-order valence-corrected chi connectivity index (χ0v) is 17.6. The average Bonchev–Trinajstić information content (AvgIpc) is 2.93. The fourth-order valence-corrected chi connectivity index (χ4v) is 6.06. The number of amides is 1. The molecule has 0 radical (unpaired) electrons. The molecule has 5 rings (SSSR count). The van der Waals surface area contributed by atoms with Gasteiger partial charge in [0.05, 0.1) is 5.56 Å². The SMILES string of the molecule is Cc1oc(C(C)(C)C)cc1C(=O)NNC(=S)NC12CC3CC(CC(C3)C1)C2. The topological polar surface area (TPSA) is 66.3 Å². The Balaban J connectivity index is 1.35. The van der Waals surface area contributed by atoms with Crippen molar-refractivity contribution in [3.8, 4) is 0 Å². The lowest BCUT2D eigenvalue weighted by atomic mass is 9.53. The molecule has 1 aromatic rings. The van der Waals surface area contributed by atoms with Crippen molar-refractivity contribution in [1.82, 2.24) is 16.2 Å². The minimum Gasteiger partial charge on any atom is -0.465 e. The van der Waals surface area contributed by atoms with Gasteiger partial charge >= 0.3 is 0 Å². The summed E-state index contributed by atoms with van der Waals surface area (Å²) in [5.74, 6) is 3.77. The first kappa shape index (κ1) is 18.8. The van der Waals surface area contributed by atoms with Gasteiger partial charge in [-0.05, 0) is 81.5 Å². The molecule has 27 heavy (non-hydrogen) atoms. The van der Waals surface area contributed by atoms with Crippen molar-refractivity contribution in [2.45, 2.75) is 77.2 Å². The number of thiocarbonyl (C=S) groups is 1. The fraction of sp³-hybridized carbons (Fsp3) is 0.714. The summed E-state index contributed by atoms with van der Waals surface area (Å²) < 4.78 is 5.76. The van der Waals surface area contributed by atoms with E-state index in [1.54, 1.807) is 0 Å². The molecule has 1 amide bonds. The summed E-state index contributed by atoms with van der Waals surface area (Å²) >= 11 is 5.49. The lowest BCUT2D eigenvalue weighted by Crippen LogP contribution is -2.62. The van der Waals surface area contributed by atoms with Crippen LogP contribution in [0.5, 0.6) is 0 Å². The summed E-state index contributed by atoms with van der Waals surface area (Å²) in [7, 11) is 0. The van der Waals surface area contributed by atoms with Gasteiger partial charge in [-0.15, -0.1) is 0 Å². The van der Waals surface area contributed by atoms with Gasteiger partial charge in [0.2, 0.25) is 0 Å². The van der Waals surface area contributed by atoms with Crippen LogP contribution in [-0.2, 0) is 5.41 Å². The van der Waals surface area contributed by atoms with Crippen LogP contribution in [0.1, 0.15) is 81.2 Å². The molecule has 4 aliphatic rings. The van der Waals surface area contributed by atoms with Crippen LogP contribution >= 0.6 is 12.2 Å². The van der Waals surface area contributed by atoms with Gasteiger partial charge in [-0.25, -0.2) is 0 Å². The van der Waals surface area contributed by atoms with Crippen LogP contribution in [0.4, 0.5) is 0 Å². The standard InChI is InChI=1S/C21H31N3O2S/c1-12-16(8-17(26-12)20(2,3)4)18(25)23-24-19(27)22-21-9-13-5-14(10-21)7-15(6-13)11-21/h8,13-15H,5-7,9-11H2,1-4H3,(H,23,25)(H2,22,24,27). The lowest BCUT2D eigenvalue weighted by Gasteiger charge is -2.57. The molecule has 1 heterocycles. The van der Waals surface area contributed by atoms with Crippen LogP contribution in [0.15, 0.2) is 10.5 Å². The monoisotopic (exact) mass is 389 g/mol. The van der Waals surface area contributed by atoms with Crippen LogP contribution in [0.2, 0.25) is 0 Å². The second-order valence-electron chi connectivity index (χ2n) is 10.1. The summed E-state index contributed by atoms with van der Waals surface area (Å²) in [6, 6.07) is 1.82. The van der Waals surface area contributed by atoms with Crippen molar-refractivity contribution in [3.63, 3.8) is 0 Å². The summed E-state index contributed by atoms with van der Waals surface area (Å²) in [4.78, 5) is 12.6. The predicted molar refractivity (Wildman–Crippen MR) is 109 cm³/mol. The highest BCUT2D eigenvalue weighted by Crippen LogP contribution is 2.55. The first-order valence-electron chi connectivity index (χ1n) is 10.1. The minimum atomic E-state index is -0.221. The quantitative estimate of drug-likeness (QED) is 0.528. The number of rotatable bonds is 2. The van der Waals surface area contributed by atoms with E-state index < -0.39 is 0 Å². The van der Waals surface area contributed by atoms with Gasteiger partial charge in [-0.3, -0.25) is 15.6 Å². The molecule has 4 bridgehead atoms. The summed E-state index contributed by atoms with van der Waals surface area (Å²) in [6.07, 6.45) is 7.83. The number of carbonyl (C=O) groups is 1. The average molecular weight is 390 g/mol. The molecular weight excluding hydrogens is 358 g/mol. The van der Waals surface area contributed by atoms with E-state index in [0.29, 0.717) is 16.4 Å². The molecule has 0 aliphatic heterocycles. The molecule has 4 aliphatic carbocycles. The number of carbonyl (C=O) groups excluding carboxylic acids is 1. The first-order valence-corrected chi connectivity index (χ1v) is 10.5. The van der Waals surface area contributed by atoms with Crippen molar-refractivity contribution in [1.29, 1.82) is 0 Å². The van der Waals surface area contributed by atoms with Gasteiger partial charge in [0.15, 0.2) is 5.11 Å². The summed E-state index contributed by atoms with van der Waals surface area (Å²) in [5, 5.41) is 4.07. The molecule has 0 unspecified atom stereocenters. The minimum absolute atomic E-state index is 0.133. The Bertz CT molecular complexity index is 727. The maximum Gasteiger partial charge on any atom is 0.273 e. The normalized spacial score (nSPS) is 31.6. The number of aryl methyl sites for hydroxylation is 1. The molecule has 0 spiro atoms. The van der Waals surface area contributed by atoms with Gasteiger partial charge in [-0.2, -0.15) is 0 Å². The highest BCUT2D eigenvalue weighted by Gasteiger charge is 2.51. The van der Waals surface area contributed by atoms with Crippen LogP contribution in [-0.4, -0.2) is 16.6 Å². The zero-order chi connectivity index (χ0) is 19.4. The number of hydrazine groups is 1. The highest BCUT2D eigenvalue weighted by atomic mass is 32.1. The van der Waals surface area contributed by atoms with Crippen LogP contribution in [0.3, 0.4) is 0 Å². The van der Waals surface area contributed by atoms with Crippen molar-refractivity contribution in [2.75, 3.05) is 0 Å². The van der Waals surface area contributed by atoms with Gasteiger partial charge in [0.25, 0.3) is 5.91 Å². The second-order valence-corrected chi connectivity index (χ2v) is 10.5. The largest absolute Gasteiger partial charge is 0.465 e. The van der Waals surface area contributed by atoms with Crippen LogP contribution < -0.4 is 16.2 Å². The smallest absolute Gasteiger partial charge is 0.273 e. The van der Waals surface area contributed by atoms with Gasteiger partial charge < -0.3 is 9.73 Å². The maximum absolute atomic E-state index is 12.6. The Labute approximate surface area is 167 Å². The molecular formula is C21H31N3O2S. The number of hydrogen-bond acceptors (Lipinski definition) is 3. The molecule has 1 aromatic heterocycles. The Morgan fingerprint density at radius 1 is 1.11 bits per heavy atom. The van der Waals surface area contributed by atoms with Crippen LogP contribution in [0.25, 0.3) is 0 Å². The van der Waals surface area contributed by atoms with E-state index in [-0.39, 0.29) is 16.9 Å². The molecule has 4 fully saturated rings. The third kappa shape index (κ3) is 3.73. The molecule has 0 aromatic carbocycles. The van der Waals surface area contributed by atoms with E-state index in [1.807, 2.05) is 13.0 Å². The summed E-state index contributed by atoms with van der Waals surface area (Å²) in [6.45, 7) is 8.01. The summed E-state index contributed by atoms with van der Waals surface area (Å²) in [5.41, 5.74) is 6.19. The third-order valence-corrected chi connectivity index (χ3v) is 6.81. The van der Waals surface area contributed by atoms with E-state index in [1.165, 1.54) is 38.5 Å². The van der Waals surface area contributed by atoms with Crippen molar-refractivity contribution in [2.24, 2.45) is 17.8 Å². The molecule has 3 N–H and O–H groups in total. The molecule has 0 atom stereocenters. The Morgan fingerprint density at radius 3 is 2.15 bits per heavy atom. The molecule has 0 saturated heterocycles. The fourth-order valence-electron chi connectivity index (χ4n) is 5.79. The number of furan rings is 1. The first-order chi connectivity index (χ1) is 12.6. The van der Waals surface area contributed by atoms with E-state index in [9.17, 15) is 4.79 Å². The van der Waals surface area contributed by atoms with Crippen molar-refractivity contribution in [3.05, 3.63) is 23.2 Å². The van der Waals surface area contributed by atoms with Crippen molar-refractivity contribution < 1.29 is 9.21 Å². The van der Waals surface area contributed by atoms with Crippen LogP contribution in [0, 0.1) is 24.7 Å². The van der Waals surface area contributed by atoms with E-state index in [0.717, 1.165) is 23.5 Å². The molecule has 4 saturated carbocycles. The molecule has 6 heteroatoms. The third-order valence-electron chi connectivity index (χ3n) is 6.61. The Hall–Kier alpha value is -1.56.